The minimum atomic E-state index is 0.313. The summed E-state index contributed by atoms with van der Waals surface area (Å²) in [6.07, 6.45) is 4.66. The molecule has 2 aromatic rings. The van der Waals surface area contributed by atoms with E-state index in [-0.39, 0.29) is 0 Å². The summed E-state index contributed by atoms with van der Waals surface area (Å²) in [5.41, 5.74) is 1.09. The summed E-state index contributed by atoms with van der Waals surface area (Å²) in [4.78, 5) is 4.26. The molecule has 0 aliphatic rings. The highest BCUT2D eigenvalue weighted by Gasteiger charge is 1.98. The maximum absolute atomic E-state index is 9.32. The van der Waals surface area contributed by atoms with Gasteiger partial charge in [-0.3, -0.25) is 0 Å². The smallest absolute Gasteiger partial charge is 0.115 e. The highest BCUT2D eigenvalue weighted by atomic mass is 16.3. The summed E-state index contributed by atoms with van der Waals surface area (Å²) in [7, 11) is 2.00. The molecule has 0 saturated carbocycles. The average Bonchev–Trinajstić information content (AvgIpc) is 2.71. The van der Waals surface area contributed by atoms with Crippen LogP contribution in [-0.4, -0.2) is 21.2 Å². The molecule has 4 nitrogen and oxygen atoms in total. The maximum Gasteiger partial charge on any atom is 0.115 e. The molecule has 17 heavy (non-hydrogen) atoms. The van der Waals surface area contributed by atoms with Gasteiger partial charge in [0.05, 0.1) is 0 Å². The van der Waals surface area contributed by atoms with Crippen molar-refractivity contribution in [1.29, 1.82) is 0 Å². The fourth-order valence-corrected chi connectivity index (χ4v) is 1.74. The minimum Gasteiger partial charge on any atom is -0.508 e. The Balaban J connectivity index is 1.75. The lowest BCUT2D eigenvalue weighted by atomic mass is 10.2. The van der Waals surface area contributed by atoms with Crippen LogP contribution in [0.15, 0.2) is 36.7 Å². The molecule has 0 unspecified atom stereocenters. The zero-order valence-corrected chi connectivity index (χ0v) is 9.93. The second-order valence-corrected chi connectivity index (χ2v) is 4.05. The fraction of sp³-hybridized carbons (Fsp3) is 0.308. The second-order valence-electron chi connectivity index (χ2n) is 4.05. The Morgan fingerprint density at radius 3 is 3.00 bits per heavy atom. The quantitative estimate of drug-likeness (QED) is 0.766. The van der Waals surface area contributed by atoms with Gasteiger partial charge in [-0.1, -0.05) is 12.1 Å². The van der Waals surface area contributed by atoms with E-state index in [1.165, 1.54) is 0 Å². The molecule has 0 amide bonds. The Labute approximate surface area is 101 Å². The fourth-order valence-electron chi connectivity index (χ4n) is 1.74. The van der Waals surface area contributed by atoms with Gasteiger partial charge in [-0.15, -0.1) is 0 Å². The van der Waals surface area contributed by atoms with Crippen molar-refractivity contribution in [2.75, 3.05) is 6.54 Å². The van der Waals surface area contributed by atoms with Crippen LogP contribution in [0.2, 0.25) is 0 Å². The van der Waals surface area contributed by atoms with Gasteiger partial charge in [-0.05, 0) is 17.7 Å². The number of aryl methyl sites for hydroxylation is 1. The monoisotopic (exact) mass is 231 g/mol. The largest absolute Gasteiger partial charge is 0.508 e. The summed E-state index contributed by atoms with van der Waals surface area (Å²) >= 11 is 0. The Morgan fingerprint density at radius 2 is 2.29 bits per heavy atom. The van der Waals surface area contributed by atoms with Gasteiger partial charge in [0.2, 0.25) is 0 Å². The van der Waals surface area contributed by atoms with E-state index >= 15 is 0 Å². The first-order valence-electron chi connectivity index (χ1n) is 5.70. The molecule has 0 radical (unpaired) electrons. The van der Waals surface area contributed by atoms with Crippen LogP contribution in [0, 0.1) is 0 Å². The van der Waals surface area contributed by atoms with E-state index in [4.69, 9.17) is 0 Å². The van der Waals surface area contributed by atoms with E-state index in [0.717, 1.165) is 30.9 Å². The molecule has 1 aromatic carbocycles. The Kier molecular flexibility index (Phi) is 3.77. The number of phenols is 1. The van der Waals surface area contributed by atoms with E-state index in [0.29, 0.717) is 5.75 Å². The molecule has 0 saturated heterocycles. The Morgan fingerprint density at radius 1 is 1.41 bits per heavy atom. The third-order valence-corrected chi connectivity index (χ3v) is 2.69. The van der Waals surface area contributed by atoms with Crippen molar-refractivity contribution in [3.63, 3.8) is 0 Å². The van der Waals surface area contributed by atoms with Gasteiger partial charge in [0.1, 0.15) is 11.6 Å². The normalized spacial score (nSPS) is 10.6. The molecule has 1 heterocycles. The maximum atomic E-state index is 9.32. The van der Waals surface area contributed by atoms with Crippen molar-refractivity contribution >= 4 is 0 Å². The van der Waals surface area contributed by atoms with Gasteiger partial charge < -0.3 is 15.0 Å². The Bertz CT molecular complexity index is 479. The summed E-state index contributed by atoms with van der Waals surface area (Å²) < 4.78 is 2.02. The van der Waals surface area contributed by atoms with Crippen LogP contribution in [0.1, 0.15) is 11.4 Å². The van der Waals surface area contributed by atoms with E-state index in [1.807, 2.05) is 36.1 Å². The third kappa shape index (κ3) is 3.32. The van der Waals surface area contributed by atoms with Crippen molar-refractivity contribution < 1.29 is 5.11 Å². The van der Waals surface area contributed by atoms with Crippen LogP contribution >= 0.6 is 0 Å². The van der Waals surface area contributed by atoms with Gasteiger partial charge in [0.15, 0.2) is 0 Å². The van der Waals surface area contributed by atoms with Crippen LogP contribution in [0.25, 0.3) is 0 Å². The van der Waals surface area contributed by atoms with Crippen LogP contribution in [-0.2, 0) is 20.0 Å². The van der Waals surface area contributed by atoms with Gasteiger partial charge in [0, 0.05) is 39.0 Å². The highest BCUT2D eigenvalue weighted by molar-refractivity contribution is 5.26. The predicted octanol–water partition coefficient (Wildman–Crippen LogP) is 1.46. The molecule has 0 aliphatic heterocycles. The summed E-state index contributed by atoms with van der Waals surface area (Å²) in [5, 5.41) is 12.6. The molecule has 0 spiro atoms. The second kappa shape index (κ2) is 5.50. The number of rotatable bonds is 5. The number of aromatic hydroxyl groups is 1. The number of benzene rings is 1. The minimum absolute atomic E-state index is 0.313. The molecule has 90 valence electrons. The molecule has 4 heteroatoms. The predicted molar refractivity (Wildman–Crippen MR) is 66.7 cm³/mol. The van der Waals surface area contributed by atoms with Crippen LogP contribution in [0.5, 0.6) is 5.75 Å². The highest BCUT2D eigenvalue weighted by Crippen LogP contribution is 2.10. The number of nitrogens with one attached hydrogen (secondary N) is 1. The van der Waals surface area contributed by atoms with Crippen LogP contribution < -0.4 is 5.32 Å². The molecular weight excluding hydrogens is 214 g/mol. The van der Waals surface area contributed by atoms with E-state index in [1.54, 1.807) is 12.1 Å². The number of hydrogen-bond donors (Lipinski definition) is 2. The number of aromatic nitrogens is 2. The topological polar surface area (TPSA) is 50.1 Å². The van der Waals surface area contributed by atoms with E-state index < -0.39 is 0 Å². The van der Waals surface area contributed by atoms with Crippen LogP contribution in [0.3, 0.4) is 0 Å². The van der Waals surface area contributed by atoms with Gasteiger partial charge in [-0.25, -0.2) is 4.98 Å². The zero-order valence-electron chi connectivity index (χ0n) is 9.93. The molecular formula is C13H17N3O. The van der Waals surface area contributed by atoms with Crippen molar-refractivity contribution in [2.24, 2.45) is 7.05 Å². The first kappa shape index (κ1) is 11.7. The Hall–Kier alpha value is -1.81. The molecule has 1 aromatic heterocycles. The van der Waals surface area contributed by atoms with Crippen molar-refractivity contribution in [2.45, 2.75) is 13.0 Å². The first-order chi connectivity index (χ1) is 8.25. The SMILES string of the molecule is Cn1ccnc1CCNCc1cccc(O)c1. The standard InChI is InChI=1S/C13H17N3O/c1-16-8-7-15-13(16)5-6-14-10-11-3-2-4-12(17)9-11/h2-4,7-9,14,17H,5-6,10H2,1H3. The number of phenolic OH excluding ortho intramolecular Hbond substituents is 1. The number of hydrogen-bond acceptors (Lipinski definition) is 3. The third-order valence-electron chi connectivity index (χ3n) is 2.69. The molecule has 0 bridgehead atoms. The summed E-state index contributed by atoms with van der Waals surface area (Å²) in [5.74, 6) is 1.39. The number of imidazole rings is 1. The van der Waals surface area contributed by atoms with E-state index in [2.05, 4.69) is 10.3 Å². The van der Waals surface area contributed by atoms with Crippen molar-refractivity contribution in [3.05, 3.63) is 48.0 Å². The van der Waals surface area contributed by atoms with Crippen LogP contribution in [0.4, 0.5) is 0 Å². The molecule has 2 rings (SSSR count). The van der Waals surface area contributed by atoms with Gasteiger partial charge in [-0.2, -0.15) is 0 Å². The molecule has 0 atom stereocenters. The van der Waals surface area contributed by atoms with E-state index in [9.17, 15) is 5.11 Å². The molecule has 0 aliphatic carbocycles. The van der Waals surface area contributed by atoms with Gasteiger partial charge >= 0.3 is 0 Å². The lowest BCUT2D eigenvalue weighted by Crippen LogP contribution is -2.18. The lowest BCUT2D eigenvalue weighted by Gasteiger charge is -2.05. The number of nitrogens with zero attached hydrogens (tertiary/aromatic N) is 2. The summed E-state index contributed by atoms with van der Waals surface area (Å²) in [6.45, 7) is 1.64. The van der Waals surface area contributed by atoms with Gasteiger partial charge in [0.25, 0.3) is 0 Å². The first-order valence-corrected chi connectivity index (χ1v) is 5.70. The summed E-state index contributed by atoms with van der Waals surface area (Å²) in [6, 6.07) is 7.30. The van der Waals surface area contributed by atoms with Crippen molar-refractivity contribution in [1.82, 2.24) is 14.9 Å². The average molecular weight is 231 g/mol. The molecule has 0 fully saturated rings. The zero-order chi connectivity index (χ0) is 12.1. The van der Waals surface area contributed by atoms with Crippen molar-refractivity contribution in [3.8, 4) is 5.75 Å². The molecule has 2 N–H and O–H groups in total. The lowest BCUT2D eigenvalue weighted by molar-refractivity contribution is 0.474.